The van der Waals surface area contributed by atoms with Crippen LogP contribution in [0, 0.1) is 0 Å². The van der Waals surface area contributed by atoms with Gasteiger partial charge in [0.05, 0.1) is 18.8 Å². The van der Waals surface area contributed by atoms with E-state index in [2.05, 4.69) is 5.32 Å². The van der Waals surface area contributed by atoms with E-state index in [1.165, 1.54) is 7.11 Å². The van der Waals surface area contributed by atoms with Crippen molar-refractivity contribution >= 4 is 5.91 Å². The van der Waals surface area contributed by atoms with Crippen LogP contribution >= 0.6 is 0 Å². The molecule has 0 bridgehead atoms. The van der Waals surface area contributed by atoms with Gasteiger partial charge in [0, 0.05) is 26.6 Å². The van der Waals surface area contributed by atoms with Crippen molar-refractivity contribution in [2.45, 2.75) is 32.0 Å². The van der Waals surface area contributed by atoms with Crippen molar-refractivity contribution in [1.29, 1.82) is 0 Å². The molecule has 1 saturated heterocycles. The molecule has 1 N–H and O–H groups in total. The molecule has 6 heteroatoms. The predicted octanol–water partition coefficient (Wildman–Crippen LogP) is 1.22. The van der Waals surface area contributed by atoms with Crippen LogP contribution in [0.1, 0.15) is 30.2 Å². The number of carbonyl (C=O) groups is 1. The zero-order chi connectivity index (χ0) is 14.8. The molecule has 2 unspecified atom stereocenters. The topological polar surface area (TPSA) is 63.9 Å². The molecule has 1 amide bonds. The number of hydrogen-bond acceptors (Lipinski definition) is 5. The van der Waals surface area contributed by atoms with Gasteiger partial charge in [0.15, 0.2) is 5.76 Å². The van der Waals surface area contributed by atoms with Crippen LogP contribution in [0.2, 0.25) is 0 Å². The maximum Gasteiger partial charge on any atom is 0.312 e. The first-order valence-corrected chi connectivity index (χ1v) is 6.73. The molecule has 1 aromatic heterocycles. The number of nitrogens with one attached hydrogen (secondary N) is 1. The SMILES string of the molecule is CON(C)C(=O)c1ccc(CC2(C)CNCC(C)O2)o1. The molecule has 6 nitrogen and oxygen atoms in total. The van der Waals surface area contributed by atoms with E-state index in [4.69, 9.17) is 14.0 Å². The largest absolute Gasteiger partial charge is 0.456 e. The van der Waals surface area contributed by atoms with E-state index in [-0.39, 0.29) is 23.4 Å². The summed E-state index contributed by atoms with van der Waals surface area (Å²) in [6.45, 7) is 5.70. The molecule has 0 saturated carbocycles. The van der Waals surface area contributed by atoms with Gasteiger partial charge in [-0.3, -0.25) is 9.63 Å². The molecule has 1 aliphatic heterocycles. The number of amides is 1. The highest BCUT2D eigenvalue weighted by Gasteiger charge is 2.32. The molecule has 1 aromatic rings. The smallest absolute Gasteiger partial charge is 0.312 e. The molecule has 0 aromatic carbocycles. The van der Waals surface area contributed by atoms with Crippen LogP contribution in [0.25, 0.3) is 0 Å². The van der Waals surface area contributed by atoms with E-state index < -0.39 is 0 Å². The second kappa shape index (κ2) is 5.95. The average molecular weight is 282 g/mol. The number of morpholine rings is 1. The van der Waals surface area contributed by atoms with Gasteiger partial charge in [0.1, 0.15) is 5.76 Å². The highest BCUT2D eigenvalue weighted by Crippen LogP contribution is 2.23. The Balaban J connectivity index is 2.04. The minimum atomic E-state index is -0.316. The predicted molar refractivity (Wildman–Crippen MR) is 73.3 cm³/mol. The van der Waals surface area contributed by atoms with Crippen molar-refractivity contribution in [2.75, 3.05) is 27.2 Å². The molecule has 0 spiro atoms. The highest BCUT2D eigenvalue weighted by molar-refractivity contribution is 5.90. The van der Waals surface area contributed by atoms with E-state index in [0.29, 0.717) is 6.42 Å². The Morgan fingerprint density at radius 1 is 1.60 bits per heavy atom. The molecule has 1 aliphatic rings. The molecule has 0 radical (unpaired) electrons. The molecule has 1 fully saturated rings. The fourth-order valence-electron chi connectivity index (χ4n) is 2.41. The van der Waals surface area contributed by atoms with Crippen LogP contribution in [0.15, 0.2) is 16.5 Å². The zero-order valence-corrected chi connectivity index (χ0v) is 12.4. The lowest BCUT2D eigenvalue weighted by Crippen LogP contribution is -2.52. The normalized spacial score (nSPS) is 26.5. The monoisotopic (exact) mass is 282 g/mol. The van der Waals surface area contributed by atoms with Crippen molar-refractivity contribution < 1.29 is 18.8 Å². The number of hydroxylamine groups is 2. The molecular weight excluding hydrogens is 260 g/mol. The zero-order valence-electron chi connectivity index (χ0n) is 12.4. The van der Waals surface area contributed by atoms with E-state index in [1.807, 2.05) is 19.9 Å². The highest BCUT2D eigenvalue weighted by atomic mass is 16.7. The molecule has 112 valence electrons. The second-order valence-electron chi connectivity index (χ2n) is 5.44. The first-order chi connectivity index (χ1) is 9.43. The third-order valence-corrected chi connectivity index (χ3v) is 3.40. The lowest BCUT2D eigenvalue weighted by Gasteiger charge is -2.37. The number of hydrogen-bond donors (Lipinski definition) is 1. The van der Waals surface area contributed by atoms with Crippen LogP contribution in [-0.2, 0) is 16.0 Å². The lowest BCUT2D eigenvalue weighted by molar-refractivity contribution is -0.0988. The number of furan rings is 1. The molecule has 20 heavy (non-hydrogen) atoms. The number of carbonyl (C=O) groups excluding carboxylic acids is 1. The average Bonchev–Trinajstić information content (AvgIpc) is 2.84. The van der Waals surface area contributed by atoms with E-state index in [0.717, 1.165) is 23.9 Å². The van der Waals surface area contributed by atoms with Gasteiger partial charge >= 0.3 is 5.91 Å². The van der Waals surface area contributed by atoms with Crippen molar-refractivity contribution in [3.63, 3.8) is 0 Å². The Hall–Kier alpha value is -1.37. The van der Waals surface area contributed by atoms with E-state index >= 15 is 0 Å². The fourth-order valence-corrected chi connectivity index (χ4v) is 2.41. The van der Waals surface area contributed by atoms with Crippen LogP contribution in [0.4, 0.5) is 0 Å². The van der Waals surface area contributed by atoms with Gasteiger partial charge < -0.3 is 14.5 Å². The van der Waals surface area contributed by atoms with Crippen molar-refractivity contribution in [1.82, 2.24) is 10.4 Å². The Kier molecular flexibility index (Phi) is 4.47. The van der Waals surface area contributed by atoms with Crippen molar-refractivity contribution in [3.05, 3.63) is 23.7 Å². The first kappa shape index (κ1) is 15.0. The van der Waals surface area contributed by atoms with Gasteiger partial charge in [-0.25, -0.2) is 5.06 Å². The number of rotatable bonds is 4. The summed E-state index contributed by atoms with van der Waals surface area (Å²) in [5.74, 6) is 0.695. The summed E-state index contributed by atoms with van der Waals surface area (Å²) in [6.07, 6.45) is 0.790. The van der Waals surface area contributed by atoms with Crippen LogP contribution in [0.3, 0.4) is 0 Å². The van der Waals surface area contributed by atoms with Crippen molar-refractivity contribution in [2.24, 2.45) is 0 Å². The van der Waals surface area contributed by atoms with Crippen molar-refractivity contribution in [3.8, 4) is 0 Å². The van der Waals surface area contributed by atoms with Gasteiger partial charge in [-0.05, 0) is 26.0 Å². The Morgan fingerprint density at radius 3 is 3.00 bits per heavy atom. The van der Waals surface area contributed by atoms with Gasteiger partial charge in [0.25, 0.3) is 0 Å². The molecule has 2 rings (SSSR count). The van der Waals surface area contributed by atoms with Gasteiger partial charge in [-0.2, -0.15) is 0 Å². The van der Waals surface area contributed by atoms with Crippen LogP contribution in [0.5, 0.6) is 0 Å². The molecular formula is C14H22N2O4. The summed E-state index contributed by atoms with van der Waals surface area (Å²) in [5.41, 5.74) is -0.316. The minimum absolute atomic E-state index is 0.171. The van der Waals surface area contributed by atoms with Crippen LogP contribution in [-0.4, -0.2) is 49.9 Å². The summed E-state index contributed by atoms with van der Waals surface area (Å²) in [7, 11) is 2.98. The summed E-state index contributed by atoms with van der Waals surface area (Å²) >= 11 is 0. The molecule has 0 aliphatic carbocycles. The first-order valence-electron chi connectivity index (χ1n) is 6.73. The van der Waals surface area contributed by atoms with Gasteiger partial charge in [-0.1, -0.05) is 0 Å². The summed E-state index contributed by atoms with van der Waals surface area (Å²) in [5, 5.41) is 4.47. The summed E-state index contributed by atoms with van der Waals surface area (Å²) < 4.78 is 11.6. The maximum atomic E-state index is 11.9. The molecule has 2 heterocycles. The second-order valence-corrected chi connectivity index (χ2v) is 5.44. The number of nitrogens with zero attached hydrogens (tertiary/aromatic N) is 1. The fraction of sp³-hybridized carbons (Fsp3) is 0.643. The summed E-state index contributed by atoms with van der Waals surface area (Å²) in [6, 6.07) is 3.47. The van der Waals surface area contributed by atoms with Crippen LogP contribution < -0.4 is 5.32 Å². The third-order valence-electron chi connectivity index (χ3n) is 3.40. The Labute approximate surface area is 119 Å². The summed E-state index contributed by atoms with van der Waals surface area (Å²) in [4.78, 5) is 16.7. The van der Waals surface area contributed by atoms with Gasteiger partial charge in [-0.15, -0.1) is 0 Å². The quantitative estimate of drug-likeness (QED) is 0.841. The maximum absolute atomic E-state index is 11.9. The minimum Gasteiger partial charge on any atom is -0.456 e. The number of ether oxygens (including phenoxy) is 1. The van der Waals surface area contributed by atoms with E-state index in [9.17, 15) is 4.79 Å². The molecule has 2 atom stereocenters. The standard InChI is InChI=1S/C14H22N2O4/c1-10-8-15-9-14(2,20-10)7-11-5-6-12(19-11)13(17)16(3)18-4/h5-6,10,15H,7-9H2,1-4H3. The lowest BCUT2D eigenvalue weighted by atomic mass is 9.98. The Morgan fingerprint density at radius 2 is 2.35 bits per heavy atom. The van der Waals surface area contributed by atoms with Gasteiger partial charge in [0.2, 0.25) is 0 Å². The third kappa shape index (κ3) is 3.39. The Bertz CT molecular complexity index is 473. The van der Waals surface area contributed by atoms with E-state index in [1.54, 1.807) is 13.1 Å².